The lowest BCUT2D eigenvalue weighted by molar-refractivity contribution is 0.172. The first-order valence-electron chi connectivity index (χ1n) is 7.14. The molecule has 2 rings (SSSR count). The topological polar surface area (TPSA) is 53.1 Å². The summed E-state index contributed by atoms with van der Waals surface area (Å²) in [6.45, 7) is 3.83. The Hall–Kier alpha value is -1.36. The van der Waals surface area contributed by atoms with Crippen LogP contribution in [0.4, 0.5) is 11.8 Å². The third-order valence-electron chi connectivity index (χ3n) is 4.07. The molecule has 1 aromatic rings. The van der Waals surface area contributed by atoms with Crippen LogP contribution in [0.15, 0.2) is 12.3 Å². The second kappa shape index (κ2) is 6.19. The van der Waals surface area contributed by atoms with Gasteiger partial charge in [-0.25, -0.2) is 4.98 Å². The molecule has 1 aromatic heterocycles. The molecule has 0 aromatic carbocycles. The van der Waals surface area contributed by atoms with Gasteiger partial charge in [-0.05, 0) is 39.9 Å². The molecule has 0 spiro atoms. The lowest BCUT2D eigenvalue weighted by Crippen LogP contribution is -2.47. The van der Waals surface area contributed by atoms with Gasteiger partial charge in [0.25, 0.3) is 0 Å². The van der Waals surface area contributed by atoms with Gasteiger partial charge in [-0.3, -0.25) is 0 Å². The lowest BCUT2D eigenvalue weighted by Gasteiger charge is -2.36. The Kier molecular flexibility index (Phi) is 4.58. The van der Waals surface area contributed by atoms with Gasteiger partial charge in [0.2, 0.25) is 5.95 Å². The van der Waals surface area contributed by atoms with Crippen LogP contribution in [0.2, 0.25) is 0 Å². The molecule has 2 N–H and O–H groups in total. The van der Waals surface area contributed by atoms with Crippen LogP contribution in [-0.2, 0) is 0 Å². The third-order valence-corrected chi connectivity index (χ3v) is 4.07. The van der Waals surface area contributed by atoms with Gasteiger partial charge in [0, 0.05) is 24.8 Å². The molecule has 0 aliphatic heterocycles. The minimum atomic E-state index is 0.281. The Morgan fingerprint density at radius 2 is 2.00 bits per heavy atom. The van der Waals surface area contributed by atoms with Crippen molar-refractivity contribution in [1.82, 2.24) is 14.9 Å². The van der Waals surface area contributed by atoms with Crippen molar-refractivity contribution in [1.29, 1.82) is 0 Å². The zero-order chi connectivity index (χ0) is 13.7. The minimum Gasteiger partial charge on any atom is -0.368 e. The van der Waals surface area contributed by atoms with Crippen molar-refractivity contribution in [2.24, 2.45) is 0 Å². The summed E-state index contributed by atoms with van der Waals surface area (Å²) in [5.41, 5.74) is 0.281. The summed E-state index contributed by atoms with van der Waals surface area (Å²) < 4.78 is 0. The fourth-order valence-electron chi connectivity index (χ4n) is 2.77. The maximum Gasteiger partial charge on any atom is 0.224 e. The van der Waals surface area contributed by atoms with Crippen LogP contribution < -0.4 is 10.6 Å². The van der Waals surface area contributed by atoms with Crippen LogP contribution in [0, 0.1) is 0 Å². The number of nitrogens with zero attached hydrogens (tertiary/aromatic N) is 3. The average molecular weight is 263 g/mol. The summed E-state index contributed by atoms with van der Waals surface area (Å²) in [4.78, 5) is 11.0. The van der Waals surface area contributed by atoms with Crippen molar-refractivity contribution in [3.05, 3.63) is 12.3 Å². The zero-order valence-corrected chi connectivity index (χ0v) is 12.2. The number of likely N-dealkylation sites (N-methyl/N-ethyl adjacent to an activating group) is 1. The number of nitrogens with one attached hydrogen (secondary N) is 2. The fourth-order valence-corrected chi connectivity index (χ4v) is 2.77. The third kappa shape index (κ3) is 3.35. The van der Waals surface area contributed by atoms with Crippen molar-refractivity contribution in [2.75, 3.05) is 37.8 Å². The van der Waals surface area contributed by atoms with Crippen LogP contribution >= 0.6 is 0 Å². The summed E-state index contributed by atoms with van der Waals surface area (Å²) in [5, 5.41) is 6.61. The number of hydrogen-bond acceptors (Lipinski definition) is 5. The van der Waals surface area contributed by atoms with E-state index in [0.717, 1.165) is 18.9 Å². The van der Waals surface area contributed by atoms with Gasteiger partial charge < -0.3 is 15.5 Å². The molecule has 0 amide bonds. The molecule has 0 unspecified atom stereocenters. The molecule has 0 radical (unpaired) electrons. The van der Waals surface area contributed by atoms with Gasteiger partial charge >= 0.3 is 0 Å². The van der Waals surface area contributed by atoms with Crippen LogP contribution in [0.3, 0.4) is 0 Å². The second-order valence-electron chi connectivity index (χ2n) is 5.48. The maximum atomic E-state index is 4.46. The first-order chi connectivity index (χ1) is 9.16. The van der Waals surface area contributed by atoms with E-state index in [-0.39, 0.29) is 5.54 Å². The van der Waals surface area contributed by atoms with Crippen molar-refractivity contribution < 1.29 is 0 Å². The average Bonchev–Trinajstić information content (AvgIpc) is 2.87. The Balaban J connectivity index is 1.99. The number of aromatic nitrogens is 2. The number of anilines is 2. The summed E-state index contributed by atoms with van der Waals surface area (Å²) in [7, 11) is 4.36. The Morgan fingerprint density at radius 3 is 2.63 bits per heavy atom. The highest BCUT2D eigenvalue weighted by atomic mass is 15.2. The van der Waals surface area contributed by atoms with Crippen LogP contribution in [0.1, 0.15) is 32.6 Å². The minimum absolute atomic E-state index is 0.281. The normalized spacial score (nSPS) is 17.7. The monoisotopic (exact) mass is 263 g/mol. The van der Waals surface area contributed by atoms with E-state index < -0.39 is 0 Å². The highest BCUT2D eigenvalue weighted by Crippen LogP contribution is 2.33. The van der Waals surface area contributed by atoms with Crippen LogP contribution in [-0.4, -0.2) is 47.6 Å². The zero-order valence-electron chi connectivity index (χ0n) is 12.2. The first-order valence-corrected chi connectivity index (χ1v) is 7.14. The van der Waals surface area contributed by atoms with Gasteiger partial charge in [-0.15, -0.1) is 0 Å². The largest absolute Gasteiger partial charge is 0.368 e. The molecular formula is C14H25N5. The van der Waals surface area contributed by atoms with E-state index in [2.05, 4.69) is 39.6 Å². The van der Waals surface area contributed by atoms with E-state index in [1.807, 2.05) is 13.0 Å². The Labute approximate surface area is 115 Å². The molecule has 5 nitrogen and oxygen atoms in total. The lowest BCUT2D eigenvalue weighted by atomic mass is 9.96. The van der Waals surface area contributed by atoms with E-state index in [0.29, 0.717) is 5.95 Å². The van der Waals surface area contributed by atoms with Gasteiger partial charge in [-0.1, -0.05) is 12.8 Å². The van der Waals surface area contributed by atoms with Crippen molar-refractivity contribution in [2.45, 2.75) is 38.1 Å². The molecule has 1 fully saturated rings. The summed E-state index contributed by atoms with van der Waals surface area (Å²) in [5.74, 6) is 1.59. The van der Waals surface area contributed by atoms with Gasteiger partial charge in [0.15, 0.2) is 0 Å². The molecular weight excluding hydrogens is 238 g/mol. The van der Waals surface area contributed by atoms with Crippen molar-refractivity contribution in [3.8, 4) is 0 Å². The molecule has 1 saturated carbocycles. The predicted molar refractivity (Wildman–Crippen MR) is 79.6 cm³/mol. The van der Waals surface area contributed by atoms with Gasteiger partial charge in [0.1, 0.15) is 5.82 Å². The highest BCUT2D eigenvalue weighted by molar-refractivity contribution is 5.40. The summed E-state index contributed by atoms with van der Waals surface area (Å²) in [6.07, 6.45) is 6.97. The van der Waals surface area contributed by atoms with E-state index in [1.165, 1.54) is 25.7 Å². The molecule has 1 aliphatic carbocycles. The number of rotatable bonds is 6. The molecule has 5 heteroatoms. The van der Waals surface area contributed by atoms with Crippen molar-refractivity contribution in [3.63, 3.8) is 0 Å². The molecule has 106 valence electrons. The SMILES string of the molecule is CCNc1nccc(NCC2(N(C)C)CCCC2)n1. The van der Waals surface area contributed by atoms with E-state index in [9.17, 15) is 0 Å². The molecule has 1 heterocycles. The smallest absolute Gasteiger partial charge is 0.224 e. The Morgan fingerprint density at radius 1 is 1.26 bits per heavy atom. The Bertz CT molecular complexity index is 399. The first kappa shape index (κ1) is 14.1. The number of hydrogen-bond donors (Lipinski definition) is 2. The van der Waals surface area contributed by atoms with Crippen LogP contribution in [0.25, 0.3) is 0 Å². The molecule has 0 saturated heterocycles. The maximum absolute atomic E-state index is 4.46. The highest BCUT2D eigenvalue weighted by Gasteiger charge is 2.35. The molecule has 19 heavy (non-hydrogen) atoms. The standard InChI is InChI=1S/C14H25N5/c1-4-15-13-16-10-7-12(18-13)17-11-14(19(2)3)8-5-6-9-14/h7,10H,4-6,8-9,11H2,1-3H3,(H2,15,16,17,18). The van der Waals surface area contributed by atoms with E-state index in [4.69, 9.17) is 0 Å². The predicted octanol–water partition coefficient (Wildman–Crippen LogP) is 2.19. The quantitative estimate of drug-likeness (QED) is 0.824. The van der Waals surface area contributed by atoms with E-state index >= 15 is 0 Å². The second-order valence-corrected chi connectivity index (χ2v) is 5.48. The van der Waals surface area contributed by atoms with Gasteiger partial charge in [0.05, 0.1) is 0 Å². The van der Waals surface area contributed by atoms with Crippen LogP contribution in [0.5, 0.6) is 0 Å². The van der Waals surface area contributed by atoms with E-state index in [1.54, 1.807) is 6.20 Å². The molecule has 0 bridgehead atoms. The molecule has 0 atom stereocenters. The van der Waals surface area contributed by atoms with Crippen molar-refractivity contribution >= 4 is 11.8 Å². The fraction of sp³-hybridized carbons (Fsp3) is 0.714. The van der Waals surface area contributed by atoms with Gasteiger partial charge in [-0.2, -0.15) is 4.98 Å². The molecule has 1 aliphatic rings. The summed E-state index contributed by atoms with van der Waals surface area (Å²) >= 11 is 0. The summed E-state index contributed by atoms with van der Waals surface area (Å²) in [6, 6.07) is 1.93.